The van der Waals surface area contributed by atoms with Crippen molar-refractivity contribution in [1.82, 2.24) is 10.2 Å². The third kappa shape index (κ3) is 5.35. The first kappa shape index (κ1) is 24.3. The molecule has 0 fully saturated rings. The molecule has 2 aromatic carbocycles. The maximum Gasteiger partial charge on any atom is 0.407 e. The third-order valence-corrected chi connectivity index (χ3v) is 6.68. The number of fused-ring (bicyclic) bond motifs is 3. The number of carbonyl (C=O) groups is 3. The van der Waals surface area contributed by atoms with E-state index in [2.05, 4.69) is 17.4 Å². The van der Waals surface area contributed by atoms with Crippen molar-refractivity contribution in [2.24, 2.45) is 0 Å². The average molecular weight is 453 g/mol. The molecule has 2 amide bonds. The van der Waals surface area contributed by atoms with E-state index in [-0.39, 0.29) is 31.3 Å². The molecule has 2 aromatic rings. The van der Waals surface area contributed by atoms with E-state index in [4.69, 9.17) is 9.84 Å². The van der Waals surface area contributed by atoms with Crippen molar-refractivity contribution in [2.75, 3.05) is 13.7 Å². The van der Waals surface area contributed by atoms with Gasteiger partial charge in [-0.2, -0.15) is 0 Å². The highest BCUT2D eigenvalue weighted by Gasteiger charge is 2.33. The molecule has 176 valence electrons. The van der Waals surface area contributed by atoms with Crippen molar-refractivity contribution in [3.05, 3.63) is 59.7 Å². The van der Waals surface area contributed by atoms with Crippen LogP contribution in [0.5, 0.6) is 0 Å². The van der Waals surface area contributed by atoms with Gasteiger partial charge in [-0.1, -0.05) is 55.5 Å². The predicted octanol–water partition coefficient (Wildman–Crippen LogP) is 4.41. The number of hydrogen-bond donors (Lipinski definition) is 2. The van der Waals surface area contributed by atoms with Crippen LogP contribution in [0.1, 0.15) is 57.1 Å². The first-order valence-electron chi connectivity index (χ1n) is 11.3. The number of alkyl carbamates (subject to hydrolysis) is 1. The number of carboxylic acid groups (broad SMARTS) is 1. The molecule has 0 radical (unpaired) electrons. The highest BCUT2D eigenvalue weighted by Crippen LogP contribution is 2.44. The molecule has 1 aliphatic carbocycles. The Kier molecular flexibility index (Phi) is 7.41. The number of ether oxygens (including phenoxy) is 1. The molecule has 33 heavy (non-hydrogen) atoms. The van der Waals surface area contributed by atoms with E-state index in [1.54, 1.807) is 11.9 Å². The number of likely N-dealkylation sites (N-methyl/N-ethyl adjacent to an activating group) is 1. The van der Waals surface area contributed by atoms with E-state index >= 15 is 0 Å². The summed E-state index contributed by atoms with van der Waals surface area (Å²) in [6.07, 6.45) is -0.266. The number of benzene rings is 2. The minimum atomic E-state index is -1.03. The Hall–Kier alpha value is -3.35. The summed E-state index contributed by atoms with van der Waals surface area (Å²) in [7, 11) is 1.67. The van der Waals surface area contributed by atoms with Gasteiger partial charge in [-0.05, 0) is 48.9 Å². The van der Waals surface area contributed by atoms with Crippen LogP contribution in [0.4, 0.5) is 4.79 Å². The van der Waals surface area contributed by atoms with Gasteiger partial charge in [0.05, 0.1) is 0 Å². The van der Waals surface area contributed by atoms with Crippen molar-refractivity contribution in [3.8, 4) is 11.1 Å². The molecule has 0 saturated heterocycles. The lowest BCUT2D eigenvalue weighted by molar-refractivity contribution is -0.139. The quantitative estimate of drug-likeness (QED) is 0.588. The van der Waals surface area contributed by atoms with Gasteiger partial charge in [-0.25, -0.2) is 4.79 Å². The average Bonchev–Trinajstić information content (AvgIpc) is 3.13. The fourth-order valence-electron chi connectivity index (χ4n) is 4.08. The minimum Gasteiger partial charge on any atom is -0.481 e. The van der Waals surface area contributed by atoms with Gasteiger partial charge in [0.2, 0.25) is 5.91 Å². The number of carboxylic acids is 1. The molecular formula is C26H32N2O5. The summed E-state index contributed by atoms with van der Waals surface area (Å²) in [6.45, 7) is 5.93. The number of nitrogens with one attached hydrogen (secondary N) is 1. The van der Waals surface area contributed by atoms with Crippen LogP contribution in [-0.2, 0) is 14.3 Å². The molecule has 3 rings (SSSR count). The molecule has 0 bridgehead atoms. The van der Waals surface area contributed by atoms with Crippen molar-refractivity contribution in [3.63, 3.8) is 0 Å². The lowest BCUT2D eigenvalue weighted by atomic mass is 9.98. The molecule has 0 spiro atoms. The Morgan fingerprint density at radius 3 is 2.12 bits per heavy atom. The second-order valence-corrected chi connectivity index (χ2v) is 9.02. The number of amides is 2. The van der Waals surface area contributed by atoms with Gasteiger partial charge in [0.15, 0.2) is 0 Å². The lowest BCUT2D eigenvalue weighted by Gasteiger charge is -2.37. The second kappa shape index (κ2) is 10.1. The highest BCUT2D eigenvalue weighted by atomic mass is 16.5. The Bertz CT molecular complexity index is 987. The van der Waals surface area contributed by atoms with Crippen LogP contribution in [0.15, 0.2) is 48.5 Å². The zero-order valence-corrected chi connectivity index (χ0v) is 19.6. The zero-order valence-electron chi connectivity index (χ0n) is 19.6. The molecule has 1 aliphatic rings. The third-order valence-electron chi connectivity index (χ3n) is 6.68. The summed E-state index contributed by atoms with van der Waals surface area (Å²) in [5.41, 5.74) is 4.01. The standard InChI is InChI=1S/C26H32N2O5/c1-5-26(2,3)28(4)24(31)22(14-15-23(29)30)27-25(32)33-16-21-19-12-8-6-10-17(19)18-11-7-9-13-20(18)21/h6-13,21-22H,5,14-16H2,1-4H3,(H,27,32)(H,29,30). The van der Waals surface area contributed by atoms with Crippen molar-refractivity contribution < 1.29 is 24.2 Å². The van der Waals surface area contributed by atoms with Gasteiger partial charge in [-0.3, -0.25) is 9.59 Å². The molecule has 7 heteroatoms. The van der Waals surface area contributed by atoms with E-state index < -0.39 is 23.6 Å². The normalized spacial score (nSPS) is 13.6. The van der Waals surface area contributed by atoms with E-state index in [1.807, 2.05) is 57.2 Å². The topological polar surface area (TPSA) is 95.9 Å². The SMILES string of the molecule is CCC(C)(C)N(C)C(=O)C(CCC(=O)O)NC(=O)OCC1c2ccccc2-c2ccccc21. The van der Waals surface area contributed by atoms with Crippen LogP contribution >= 0.6 is 0 Å². The fraction of sp³-hybridized carbons (Fsp3) is 0.423. The smallest absolute Gasteiger partial charge is 0.407 e. The Morgan fingerprint density at radius 2 is 1.61 bits per heavy atom. The summed E-state index contributed by atoms with van der Waals surface area (Å²) in [4.78, 5) is 38.4. The molecule has 1 unspecified atom stereocenters. The molecule has 0 aliphatic heterocycles. The van der Waals surface area contributed by atoms with E-state index in [9.17, 15) is 14.4 Å². The van der Waals surface area contributed by atoms with Crippen LogP contribution in [0.3, 0.4) is 0 Å². The number of hydrogen-bond acceptors (Lipinski definition) is 4. The van der Waals surface area contributed by atoms with Gasteiger partial charge in [0, 0.05) is 24.9 Å². The van der Waals surface area contributed by atoms with Crippen LogP contribution in [-0.4, -0.2) is 53.2 Å². The number of nitrogens with zero attached hydrogens (tertiary/aromatic N) is 1. The van der Waals surface area contributed by atoms with Crippen LogP contribution < -0.4 is 5.32 Å². The summed E-state index contributed by atoms with van der Waals surface area (Å²) in [5.74, 6) is -1.46. The largest absolute Gasteiger partial charge is 0.481 e. The fourth-order valence-corrected chi connectivity index (χ4v) is 4.08. The first-order valence-corrected chi connectivity index (χ1v) is 11.3. The monoisotopic (exact) mass is 452 g/mol. The van der Waals surface area contributed by atoms with Crippen LogP contribution in [0, 0.1) is 0 Å². The molecule has 1 atom stereocenters. The molecule has 0 heterocycles. The van der Waals surface area contributed by atoms with Crippen LogP contribution in [0.2, 0.25) is 0 Å². The molecule has 0 saturated carbocycles. The first-order chi connectivity index (χ1) is 15.7. The van der Waals surface area contributed by atoms with E-state index in [0.29, 0.717) is 6.42 Å². The van der Waals surface area contributed by atoms with Gasteiger partial charge in [0.25, 0.3) is 0 Å². The lowest BCUT2D eigenvalue weighted by Crippen LogP contribution is -2.54. The van der Waals surface area contributed by atoms with Gasteiger partial charge in [-0.15, -0.1) is 0 Å². The Balaban J connectivity index is 1.70. The molecule has 0 aromatic heterocycles. The van der Waals surface area contributed by atoms with Crippen LogP contribution in [0.25, 0.3) is 11.1 Å². The zero-order chi connectivity index (χ0) is 24.2. The second-order valence-electron chi connectivity index (χ2n) is 9.02. The minimum absolute atomic E-state index is 0.0114. The van der Waals surface area contributed by atoms with Gasteiger partial charge in [0.1, 0.15) is 12.6 Å². The maximum absolute atomic E-state index is 13.0. The maximum atomic E-state index is 13.0. The summed E-state index contributed by atoms with van der Waals surface area (Å²) in [5, 5.41) is 11.7. The molecule has 7 nitrogen and oxygen atoms in total. The number of carbonyl (C=O) groups excluding carboxylic acids is 2. The highest BCUT2D eigenvalue weighted by molar-refractivity contribution is 5.86. The predicted molar refractivity (Wildman–Crippen MR) is 126 cm³/mol. The van der Waals surface area contributed by atoms with Gasteiger partial charge >= 0.3 is 12.1 Å². The summed E-state index contributed by atoms with van der Waals surface area (Å²) < 4.78 is 5.55. The Labute approximate surface area is 194 Å². The Morgan fingerprint density at radius 1 is 1.06 bits per heavy atom. The molecule has 2 N–H and O–H groups in total. The van der Waals surface area contributed by atoms with Crippen molar-refractivity contribution >= 4 is 18.0 Å². The van der Waals surface area contributed by atoms with Crippen molar-refractivity contribution in [1.29, 1.82) is 0 Å². The van der Waals surface area contributed by atoms with Crippen molar-refractivity contribution in [2.45, 2.75) is 57.5 Å². The summed E-state index contributed by atoms with van der Waals surface area (Å²) in [6, 6.07) is 15.1. The van der Waals surface area contributed by atoms with Gasteiger partial charge < -0.3 is 20.1 Å². The van der Waals surface area contributed by atoms with E-state index in [0.717, 1.165) is 22.3 Å². The summed E-state index contributed by atoms with van der Waals surface area (Å²) >= 11 is 0. The van der Waals surface area contributed by atoms with E-state index in [1.165, 1.54) is 0 Å². The number of aliphatic carboxylic acids is 1. The molecular weight excluding hydrogens is 420 g/mol. The number of rotatable bonds is 9.